The molecule has 2 heteroatoms. The van der Waals surface area contributed by atoms with Crippen molar-refractivity contribution in [3.63, 3.8) is 0 Å². The number of rotatable bonds is 2. The first-order chi connectivity index (χ1) is 4.34. The van der Waals surface area contributed by atoms with Gasteiger partial charge in [-0.3, -0.25) is 0 Å². The van der Waals surface area contributed by atoms with Gasteiger partial charge in [-0.05, 0) is 25.7 Å². The summed E-state index contributed by atoms with van der Waals surface area (Å²) in [6, 6.07) is 0. The third kappa shape index (κ3) is 1.94. The van der Waals surface area contributed by atoms with Crippen LogP contribution in [0.25, 0.3) is 0 Å². The maximum Gasteiger partial charge on any atom is 0.0576 e. The van der Waals surface area contributed by atoms with Crippen LogP contribution >= 0.6 is 15.9 Å². The Balaban J connectivity index is 2.22. The molecule has 0 aromatic carbocycles. The lowest BCUT2D eigenvalue weighted by atomic mass is 10.0. The van der Waals surface area contributed by atoms with E-state index in [1.807, 2.05) is 0 Å². The first-order valence-electron chi connectivity index (χ1n) is 3.52. The summed E-state index contributed by atoms with van der Waals surface area (Å²) in [4.78, 5) is 0. The van der Waals surface area contributed by atoms with Gasteiger partial charge in [0.25, 0.3) is 0 Å². The Bertz CT molecular complexity index is 85.0. The van der Waals surface area contributed by atoms with E-state index in [1.165, 1.54) is 12.8 Å². The van der Waals surface area contributed by atoms with Crippen LogP contribution in [0.5, 0.6) is 0 Å². The van der Waals surface area contributed by atoms with Gasteiger partial charge in [0.2, 0.25) is 0 Å². The van der Waals surface area contributed by atoms with Crippen LogP contribution in [0.2, 0.25) is 0 Å². The standard InChI is InChI=1S/C7H13BrO/c1-6-7(2-4-8)3-5-9-6/h6-7H,2-5H2,1H3. The summed E-state index contributed by atoms with van der Waals surface area (Å²) in [5.74, 6) is 0.810. The molecule has 0 bridgehead atoms. The van der Waals surface area contributed by atoms with Gasteiger partial charge in [-0.15, -0.1) is 0 Å². The molecule has 0 N–H and O–H groups in total. The molecular weight excluding hydrogens is 180 g/mol. The molecule has 0 radical (unpaired) electrons. The normalized spacial score (nSPS) is 35.3. The minimum Gasteiger partial charge on any atom is -0.378 e. The molecule has 1 nitrogen and oxygen atoms in total. The lowest BCUT2D eigenvalue weighted by Gasteiger charge is -2.10. The molecule has 1 heterocycles. The molecule has 1 aliphatic heterocycles. The largest absolute Gasteiger partial charge is 0.378 e. The monoisotopic (exact) mass is 192 g/mol. The van der Waals surface area contributed by atoms with E-state index in [1.54, 1.807) is 0 Å². The minimum atomic E-state index is 0.502. The van der Waals surface area contributed by atoms with Crippen molar-refractivity contribution in [3.8, 4) is 0 Å². The summed E-state index contributed by atoms with van der Waals surface area (Å²) < 4.78 is 5.40. The van der Waals surface area contributed by atoms with E-state index in [0.29, 0.717) is 6.10 Å². The highest BCUT2D eigenvalue weighted by Crippen LogP contribution is 2.23. The van der Waals surface area contributed by atoms with Gasteiger partial charge in [0, 0.05) is 11.9 Å². The van der Waals surface area contributed by atoms with E-state index in [-0.39, 0.29) is 0 Å². The average molecular weight is 193 g/mol. The van der Waals surface area contributed by atoms with Crippen LogP contribution in [0.15, 0.2) is 0 Å². The molecule has 9 heavy (non-hydrogen) atoms. The summed E-state index contributed by atoms with van der Waals surface area (Å²) in [5, 5.41) is 1.12. The van der Waals surface area contributed by atoms with Crippen molar-refractivity contribution in [2.45, 2.75) is 25.9 Å². The van der Waals surface area contributed by atoms with Crippen LogP contribution in [-0.4, -0.2) is 18.0 Å². The molecule has 1 aliphatic rings. The van der Waals surface area contributed by atoms with E-state index >= 15 is 0 Å². The summed E-state index contributed by atoms with van der Waals surface area (Å²) in [5.41, 5.74) is 0. The molecule has 1 rings (SSSR count). The second-order valence-electron chi connectivity index (χ2n) is 2.60. The quantitative estimate of drug-likeness (QED) is 0.611. The van der Waals surface area contributed by atoms with Crippen LogP contribution in [-0.2, 0) is 4.74 Å². The maximum absolute atomic E-state index is 5.40. The van der Waals surface area contributed by atoms with Gasteiger partial charge in [0.05, 0.1) is 6.10 Å². The van der Waals surface area contributed by atoms with Gasteiger partial charge in [-0.2, -0.15) is 0 Å². The smallest absolute Gasteiger partial charge is 0.0576 e. The zero-order valence-electron chi connectivity index (χ0n) is 5.77. The molecule has 0 spiro atoms. The fraction of sp³-hybridized carbons (Fsp3) is 1.00. The lowest BCUT2D eigenvalue weighted by Crippen LogP contribution is -2.11. The molecule has 54 valence electrons. The molecule has 0 saturated carbocycles. The minimum absolute atomic E-state index is 0.502. The van der Waals surface area contributed by atoms with Gasteiger partial charge in [-0.1, -0.05) is 15.9 Å². The zero-order valence-corrected chi connectivity index (χ0v) is 7.36. The van der Waals surface area contributed by atoms with E-state index in [4.69, 9.17) is 4.74 Å². The first-order valence-corrected chi connectivity index (χ1v) is 4.64. The van der Waals surface area contributed by atoms with Crippen LogP contribution in [0, 0.1) is 5.92 Å². The van der Waals surface area contributed by atoms with Crippen molar-refractivity contribution in [2.75, 3.05) is 11.9 Å². The molecular formula is C7H13BrO. The van der Waals surface area contributed by atoms with Crippen molar-refractivity contribution in [1.29, 1.82) is 0 Å². The highest BCUT2D eigenvalue weighted by Gasteiger charge is 2.22. The zero-order chi connectivity index (χ0) is 6.69. The van der Waals surface area contributed by atoms with Gasteiger partial charge < -0.3 is 4.74 Å². The lowest BCUT2D eigenvalue weighted by molar-refractivity contribution is 0.105. The van der Waals surface area contributed by atoms with Gasteiger partial charge in [-0.25, -0.2) is 0 Å². The fourth-order valence-electron chi connectivity index (χ4n) is 1.30. The molecule has 0 aromatic heterocycles. The number of hydrogen-bond acceptors (Lipinski definition) is 1. The Morgan fingerprint density at radius 2 is 2.44 bits per heavy atom. The Morgan fingerprint density at radius 3 is 2.89 bits per heavy atom. The van der Waals surface area contributed by atoms with Crippen molar-refractivity contribution < 1.29 is 4.74 Å². The number of hydrogen-bond donors (Lipinski definition) is 0. The van der Waals surface area contributed by atoms with Crippen LogP contribution in [0.3, 0.4) is 0 Å². The van der Waals surface area contributed by atoms with Crippen molar-refractivity contribution in [3.05, 3.63) is 0 Å². The van der Waals surface area contributed by atoms with Gasteiger partial charge in [0.15, 0.2) is 0 Å². The summed E-state index contributed by atoms with van der Waals surface area (Å²) >= 11 is 3.43. The average Bonchev–Trinajstić information content (AvgIpc) is 2.18. The predicted molar refractivity (Wildman–Crippen MR) is 41.9 cm³/mol. The van der Waals surface area contributed by atoms with Gasteiger partial charge >= 0.3 is 0 Å². The number of alkyl halides is 1. The van der Waals surface area contributed by atoms with E-state index in [9.17, 15) is 0 Å². The van der Waals surface area contributed by atoms with Crippen LogP contribution < -0.4 is 0 Å². The van der Waals surface area contributed by atoms with Crippen molar-refractivity contribution in [2.24, 2.45) is 5.92 Å². The molecule has 2 unspecified atom stereocenters. The predicted octanol–water partition coefficient (Wildman–Crippen LogP) is 2.20. The van der Waals surface area contributed by atoms with Crippen LogP contribution in [0.1, 0.15) is 19.8 Å². The SMILES string of the molecule is CC1OCCC1CCBr. The topological polar surface area (TPSA) is 9.23 Å². The second kappa shape index (κ2) is 3.57. The molecule has 1 saturated heterocycles. The third-order valence-corrected chi connectivity index (χ3v) is 2.47. The number of ether oxygens (including phenoxy) is 1. The summed E-state index contributed by atoms with van der Waals surface area (Å²) in [6.45, 7) is 3.14. The Labute approximate surface area is 64.9 Å². The Hall–Kier alpha value is 0.440. The molecule has 0 aliphatic carbocycles. The fourth-order valence-corrected chi connectivity index (χ4v) is 1.88. The Kier molecular flexibility index (Phi) is 2.99. The summed E-state index contributed by atoms with van der Waals surface area (Å²) in [6.07, 6.45) is 3.02. The maximum atomic E-state index is 5.40. The van der Waals surface area contributed by atoms with Gasteiger partial charge in [0.1, 0.15) is 0 Å². The van der Waals surface area contributed by atoms with Crippen molar-refractivity contribution in [1.82, 2.24) is 0 Å². The highest BCUT2D eigenvalue weighted by molar-refractivity contribution is 9.09. The molecule has 1 fully saturated rings. The van der Waals surface area contributed by atoms with E-state index in [0.717, 1.165) is 17.9 Å². The van der Waals surface area contributed by atoms with E-state index < -0.39 is 0 Å². The van der Waals surface area contributed by atoms with E-state index in [2.05, 4.69) is 22.9 Å². The van der Waals surface area contributed by atoms with Crippen LogP contribution in [0.4, 0.5) is 0 Å². The molecule has 2 atom stereocenters. The van der Waals surface area contributed by atoms with Crippen molar-refractivity contribution >= 4 is 15.9 Å². The Morgan fingerprint density at radius 1 is 1.67 bits per heavy atom. The number of halogens is 1. The molecule has 0 aromatic rings. The third-order valence-electron chi connectivity index (χ3n) is 2.01. The summed E-state index contributed by atoms with van der Waals surface area (Å²) in [7, 11) is 0. The molecule has 0 amide bonds. The highest BCUT2D eigenvalue weighted by atomic mass is 79.9. The second-order valence-corrected chi connectivity index (χ2v) is 3.40. The first kappa shape index (κ1) is 7.55.